The molecule has 0 bridgehead atoms. The Bertz CT molecular complexity index is 537. The molecule has 1 aromatic carbocycles. The van der Waals surface area contributed by atoms with E-state index in [1.165, 1.54) is 11.3 Å². The Labute approximate surface area is 116 Å². The number of benzene rings is 1. The third-order valence-corrected chi connectivity index (χ3v) is 4.48. The van der Waals surface area contributed by atoms with E-state index < -0.39 is 0 Å². The summed E-state index contributed by atoms with van der Waals surface area (Å²) in [5.41, 5.74) is 6.08. The maximum absolute atomic E-state index is 6.18. The highest BCUT2D eigenvalue weighted by Crippen LogP contribution is 2.32. The molecule has 0 aliphatic heterocycles. The molecule has 5 heteroatoms. The number of nitrogens with two attached hydrogens (primary N) is 1. The highest BCUT2D eigenvalue weighted by atomic mass is 32.2. The summed E-state index contributed by atoms with van der Waals surface area (Å²) in [5.74, 6) is 2.14. The summed E-state index contributed by atoms with van der Waals surface area (Å²) in [7, 11) is 0. The van der Waals surface area contributed by atoms with Gasteiger partial charge >= 0.3 is 0 Å². The van der Waals surface area contributed by atoms with Crippen LogP contribution in [0.25, 0.3) is 0 Å². The van der Waals surface area contributed by atoms with E-state index in [0.717, 1.165) is 24.4 Å². The zero-order valence-electron chi connectivity index (χ0n) is 10.7. The smallest absolute Gasteiger partial charge is 0.228 e. The average Bonchev–Trinajstić information content (AvgIpc) is 2.83. The molecule has 0 atom stereocenters. The van der Waals surface area contributed by atoms with Gasteiger partial charge in [0.1, 0.15) is 0 Å². The quantitative estimate of drug-likeness (QED) is 0.850. The van der Waals surface area contributed by atoms with Crippen LogP contribution in [-0.2, 0) is 12.2 Å². The van der Waals surface area contributed by atoms with E-state index in [0.29, 0.717) is 12.3 Å². The Kier molecular flexibility index (Phi) is 3.57. The summed E-state index contributed by atoms with van der Waals surface area (Å²) in [5, 5.41) is 4.01. The van der Waals surface area contributed by atoms with E-state index in [1.807, 2.05) is 18.2 Å². The van der Waals surface area contributed by atoms with Crippen LogP contribution in [0.2, 0.25) is 0 Å². The second-order valence-electron chi connectivity index (χ2n) is 5.10. The fourth-order valence-electron chi connectivity index (χ4n) is 2.19. The second-order valence-corrected chi connectivity index (χ2v) is 6.15. The Hall–Kier alpha value is -1.33. The van der Waals surface area contributed by atoms with E-state index in [4.69, 9.17) is 10.3 Å². The maximum atomic E-state index is 6.18. The fraction of sp³-hybridized carbons (Fsp3) is 0.429. The number of hydrogen-bond acceptors (Lipinski definition) is 5. The van der Waals surface area contributed by atoms with Gasteiger partial charge in [-0.3, -0.25) is 0 Å². The van der Waals surface area contributed by atoms with Crippen molar-refractivity contribution in [2.75, 3.05) is 0 Å². The lowest BCUT2D eigenvalue weighted by atomic mass is 9.75. The molecule has 0 saturated heterocycles. The van der Waals surface area contributed by atoms with Gasteiger partial charge in [-0.15, -0.1) is 11.8 Å². The van der Waals surface area contributed by atoms with Crippen molar-refractivity contribution in [3.8, 4) is 0 Å². The van der Waals surface area contributed by atoms with E-state index >= 15 is 0 Å². The molecule has 2 N–H and O–H groups in total. The van der Waals surface area contributed by atoms with Gasteiger partial charge in [0, 0.05) is 16.9 Å². The van der Waals surface area contributed by atoms with E-state index in [-0.39, 0.29) is 5.54 Å². The summed E-state index contributed by atoms with van der Waals surface area (Å²) in [4.78, 5) is 5.62. The Morgan fingerprint density at radius 1 is 1.26 bits per heavy atom. The van der Waals surface area contributed by atoms with Crippen LogP contribution in [-0.4, -0.2) is 15.7 Å². The topological polar surface area (TPSA) is 64.9 Å². The van der Waals surface area contributed by atoms with Gasteiger partial charge in [-0.25, -0.2) is 0 Å². The number of nitrogens with zero attached hydrogens (tertiary/aromatic N) is 2. The van der Waals surface area contributed by atoms with Crippen molar-refractivity contribution in [2.45, 2.75) is 41.9 Å². The third-order valence-electron chi connectivity index (χ3n) is 3.47. The third kappa shape index (κ3) is 3.16. The summed E-state index contributed by atoms with van der Waals surface area (Å²) in [6, 6.07) is 10.2. The lowest BCUT2D eigenvalue weighted by Crippen LogP contribution is -2.48. The first kappa shape index (κ1) is 12.7. The van der Waals surface area contributed by atoms with Gasteiger partial charge in [-0.05, 0) is 31.4 Å². The van der Waals surface area contributed by atoms with Crippen molar-refractivity contribution in [1.29, 1.82) is 0 Å². The lowest BCUT2D eigenvalue weighted by Gasteiger charge is -2.36. The Morgan fingerprint density at radius 2 is 2.05 bits per heavy atom. The van der Waals surface area contributed by atoms with Gasteiger partial charge in [0.05, 0.1) is 5.75 Å². The highest BCUT2D eigenvalue weighted by molar-refractivity contribution is 7.98. The zero-order chi connectivity index (χ0) is 13.1. The molecule has 2 aromatic rings. The molecule has 1 saturated carbocycles. The first-order valence-electron chi connectivity index (χ1n) is 6.52. The van der Waals surface area contributed by atoms with Crippen molar-refractivity contribution < 1.29 is 4.52 Å². The van der Waals surface area contributed by atoms with Gasteiger partial charge in [0.2, 0.25) is 5.89 Å². The first-order valence-corrected chi connectivity index (χ1v) is 7.50. The molecule has 0 spiro atoms. The van der Waals surface area contributed by atoms with Crippen LogP contribution in [0.15, 0.2) is 39.8 Å². The van der Waals surface area contributed by atoms with Crippen molar-refractivity contribution in [1.82, 2.24) is 10.1 Å². The maximum Gasteiger partial charge on any atom is 0.228 e. The van der Waals surface area contributed by atoms with Crippen molar-refractivity contribution >= 4 is 11.8 Å². The normalized spacial score (nSPS) is 17.1. The standard InChI is InChI=1S/C14H17N3OS/c15-14(7-4-8-14)9-13-16-12(17-18-13)10-19-11-5-2-1-3-6-11/h1-3,5-6H,4,7-10,15H2. The minimum atomic E-state index is -0.101. The Balaban J connectivity index is 1.56. The molecule has 1 aliphatic rings. The van der Waals surface area contributed by atoms with Gasteiger partial charge in [0.15, 0.2) is 5.82 Å². The van der Waals surface area contributed by atoms with E-state index in [1.54, 1.807) is 11.8 Å². The Morgan fingerprint density at radius 3 is 2.74 bits per heavy atom. The largest absolute Gasteiger partial charge is 0.339 e. The van der Waals surface area contributed by atoms with E-state index in [9.17, 15) is 0 Å². The first-order chi connectivity index (χ1) is 9.23. The lowest BCUT2D eigenvalue weighted by molar-refractivity contribution is 0.221. The summed E-state index contributed by atoms with van der Waals surface area (Å²) >= 11 is 1.71. The highest BCUT2D eigenvalue weighted by Gasteiger charge is 2.34. The minimum absolute atomic E-state index is 0.101. The number of hydrogen-bond donors (Lipinski definition) is 1. The molecule has 1 fully saturated rings. The SMILES string of the molecule is NC1(Cc2nc(CSc3ccccc3)no2)CCC1. The fourth-order valence-corrected chi connectivity index (χ4v) is 2.96. The van der Waals surface area contributed by atoms with Crippen LogP contribution in [0.3, 0.4) is 0 Å². The summed E-state index contributed by atoms with van der Waals surface area (Å²) in [6.07, 6.45) is 4.03. The molecule has 1 aliphatic carbocycles. The molecule has 4 nitrogen and oxygen atoms in total. The monoisotopic (exact) mass is 275 g/mol. The number of aromatic nitrogens is 2. The summed E-state index contributed by atoms with van der Waals surface area (Å²) < 4.78 is 5.27. The summed E-state index contributed by atoms with van der Waals surface area (Å²) in [6.45, 7) is 0. The van der Waals surface area contributed by atoms with Crippen molar-refractivity contribution in [3.63, 3.8) is 0 Å². The van der Waals surface area contributed by atoms with Crippen molar-refractivity contribution in [2.24, 2.45) is 5.73 Å². The predicted octanol–water partition coefficient (Wildman–Crippen LogP) is 2.79. The molecule has 0 radical (unpaired) electrons. The zero-order valence-corrected chi connectivity index (χ0v) is 11.5. The van der Waals surface area contributed by atoms with E-state index in [2.05, 4.69) is 22.3 Å². The molecule has 3 rings (SSSR count). The number of thioether (sulfide) groups is 1. The number of rotatable bonds is 5. The van der Waals surface area contributed by atoms with Crippen LogP contribution < -0.4 is 5.73 Å². The molecule has 0 unspecified atom stereocenters. The molecule has 1 aromatic heterocycles. The second kappa shape index (κ2) is 5.35. The van der Waals surface area contributed by atoms with Crippen LogP contribution in [0.4, 0.5) is 0 Å². The molecule has 100 valence electrons. The minimum Gasteiger partial charge on any atom is -0.339 e. The molecule has 19 heavy (non-hydrogen) atoms. The predicted molar refractivity (Wildman–Crippen MR) is 74.8 cm³/mol. The van der Waals surface area contributed by atoms with Gasteiger partial charge in [-0.1, -0.05) is 23.4 Å². The molecular weight excluding hydrogens is 258 g/mol. The molecule has 1 heterocycles. The van der Waals surface area contributed by atoms with Crippen LogP contribution >= 0.6 is 11.8 Å². The van der Waals surface area contributed by atoms with Crippen LogP contribution in [0.5, 0.6) is 0 Å². The van der Waals surface area contributed by atoms with Crippen molar-refractivity contribution in [3.05, 3.63) is 42.0 Å². The van der Waals surface area contributed by atoms with Crippen LogP contribution in [0.1, 0.15) is 31.0 Å². The average molecular weight is 275 g/mol. The van der Waals surface area contributed by atoms with Gasteiger partial charge in [-0.2, -0.15) is 4.98 Å². The molecule has 0 amide bonds. The molecular formula is C14H17N3OS. The van der Waals surface area contributed by atoms with Gasteiger partial charge < -0.3 is 10.3 Å². The van der Waals surface area contributed by atoms with Gasteiger partial charge in [0.25, 0.3) is 0 Å². The van der Waals surface area contributed by atoms with Crippen LogP contribution in [0, 0.1) is 0 Å².